The van der Waals surface area contributed by atoms with Crippen LogP contribution in [0.4, 0.5) is 14.7 Å². The Morgan fingerprint density at radius 1 is 1.42 bits per heavy atom. The monoisotopic (exact) mass is 338 g/mol. The summed E-state index contributed by atoms with van der Waals surface area (Å²) < 4.78 is 34.1. The van der Waals surface area contributed by atoms with E-state index < -0.39 is 6.61 Å². The van der Waals surface area contributed by atoms with E-state index in [-0.39, 0.29) is 24.2 Å². The summed E-state index contributed by atoms with van der Waals surface area (Å²) in [7, 11) is 0. The predicted octanol–water partition coefficient (Wildman–Crippen LogP) is 2.44. The van der Waals surface area contributed by atoms with Crippen LogP contribution in [-0.4, -0.2) is 40.9 Å². The van der Waals surface area contributed by atoms with Gasteiger partial charge in [-0.15, -0.1) is 5.10 Å². The van der Waals surface area contributed by atoms with Crippen molar-refractivity contribution in [2.75, 3.05) is 18.5 Å². The molecule has 7 nitrogen and oxygen atoms in total. The zero-order chi connectivity index (χ0) is 16.9. The minimum Gasteiger partial charge on any atom is -0.435 e. The van der Waals surface area contributed by atoms with Crippen LogP contribution >= 0.6 is 0 Å². The molecule has 2 aromatic rings. The highest BCUT2D eigenvalue weighted by atomic mass is 19.3. The van der Waals surface area contributed by atoms with Crippen molar-refractivity contribution in [2.45, 2.75) is 19.5 Å². The second-order valence-electron chi connectivity index (χ2n) is 5.42. The molecular formula is C15H16F2N4O3. The molecule has 3 rings (SSSR count). The lowest BCUT2D eigenvalue weighted by Crippen LogP contribution is -2.19. The van der Waals surface area contributed by atoms with Crippen molar-refractivity contribution >= 4 is 11.9 Å². The summed E-state index contributed by atoms with van der Waals surface area (Å²) in [6.45, 7) is -2.37. The molecule has 0 aliphatic heterocycles. The molecule has 0 saturated heterocycles. The Balaban J connectivity index is 1.57. The number of amides is 1. The largest absolute Gasteiger partial charge is 0.435 e. The highest BCUT2D eigenvalue weighted by Crippen LogP contribution is 2.28. The summed E-state index contributed by atoms with van der Waals surface area (Å²) in [5.74, 6) is 0.652. The van der Waals surface area contributed by atoms with Gasteiger partial charge in [0.05, 0.1) is 6.61 Å². The van der Waals surface area contributed by atoms with Crippen LogP contribution in [0.1, 0.15) is 12.8 Å². The first-order chi connectivity index (χ1) is 11.6. The topological polar surface area (TPSA) is 89.1 Å². The van der Waals surface area contributed by atoms with Gasteiger partial charge in [-0.05, 0) is 30.9 Å². The number of anilines is 1. The molecule has 1 fully saturated rings. The Bertz CT molecular complexity index is 704. The number of rotatable bonds is 8. The standard InChI is InChI=1S/C15H16F2N4O3/c16-14(17)24-11-3-1-2-10(6-11)13-19-15(21-20-13)18-12(22)8-23-7-9-4-5-9/h1-3,6,9,14H,4-5,7-8H2,(H2,18,19,20,21,22). The third-order valence-electron chi connectivity index (χ3n) is 3.35. The molecule has 1 saturated carbocycles. The van der Waals surface area contributed by atoms with E-state index in [2.05, 4.69) is 25.2 Å². The lowest BCUT2D eigenvalue weighted by Gasteiger charge is -2.05. The van der Waals surface area contributed by atoms with E-state index in [1.807, 2.05) is 0 Å². The van der Waals surface area contributed by atoms with E-state index in [9.17, 15) is 13.6 Å². The van der Waals surface area contributed by atoms with E-state index in [1.165, 1.54) is 12.1 Å². The Morgan fingerprint density at radius 3 is 3.00 bits per heavy atom. The third kappa shape index (κ3) is 4.72. The van der Waals surface area contributed by atoms with Gasteiger partial charge < -0.3 is 9.47 Å². The number of aromatic nitrogens is 3. The number of carbonyl (C=O) groups excluding carboxylic acids is 1. The molecule has 1 aliphatic rings. The number of nitrogens with one attached hydrogen (secondary N) is 2. The number of nitrogens with zero attached hydrogens (tertiary/aromatic N) is 2. The molecule has 1 heterocycles. The minimum absolute atomic E-state index is 0.0120. The van der Waals surface area contributed by atoms with Crippen molar-refractivity contribution in [3.8, 4) is 17.1 Å². The normalized spacial score (nSPS) is 14.0. The Labute approximate surface area is 136 Å². The number of benzene rings is 1. The maximum atomic E-state index is 12.2. The lowest BCUT2D eigenvalue weighted by molar-refractivity contribution is -0.120. The fourth-order valence-corrected chi connectivity index (χ4v) is 2.03. The molecule has 1 aliphatic carbocycles. The summed E-state index contributed by atoms with van der Waals surface area (Å²) in [4.78, 5) is 15.8. The van der Waals surface area contributed by atoms with E-state index in [1.54, 1.807) is 12.1 Å². The van der Waals surface area contributed by atoms with Crippen LogP contribution < -0.4 is 10.1 Å². The van der Waals surface area contributed by atoms with Crippen molar-refractivity contribution in [3.05, 3.63) is 24.3 Å². The zero-order valence-electron chi connectivity index (χ0n) is 12.7. The fourth-order valence-electron chi connectivity index (χ4n) is 2.03. The van der Waals surface area contributed by atoms with E-state index in [4.69, 9.17) is 4.74 Å². The van der Waals surface area contributed by atoms with E-state index in [0.717, 1.165) is 12.8 Å². The van der Waals surface area contributed by atoms with Crippen LogP contribution in [0.25, 0.3) is 11.4 Å². The molecule has 1 aromatic heterocycles. The summed E-state index contributed by atoms with van der Waals surface area (Å²) in [5.41, 5.74) is 0.506. The van der Waals surface area contributed by atoms with Crippen molar-refractivity contribution in [1.29, 1.82) is 0 Å². The molecule has 128 valence electrons. The summed E-state index contributed by atoms with van der Waals surface area (Å²) in [5, 5.41) is 9.00. The zero-order valence-corrected chi connectivity index (χ0v) is 12.7. The number of ether oxygens (including phenoxy) is 2. The van der Waals surface area contributed by atoms with Gasteiger partial charge >= 0.3 is 6.61 Å². The van der Waals surface area contributed by atoms with Gasteiger partial charge in [0.15, 0.2) is 5.82 Å². The molecule has 0 unspecified atom stereocenters. The summed E-state index contributed by atoms with van der Waals surface area (Å²) in [6, 6.07) is 6.02. The first kappa shape index (κ1) is 16.3. The average Bonchev–Trinajstić information content (AvgIpc) is 3.24. The molecule has 0 spiro atoms. The molecule has 0 atom stereocenters. The maximum Gasteiger partial charge on any atom is 0.387 e. The third-order valence-corrected chi connectivity index (χ3v) is 3.35. The number of aromatic amines is 1. The van der Waals surface area contributed by atoms with E-state index in [0.29, 0.717) is 23.9 Å². The van der Waals surface area contributed by atoms with Crippen LogP contribution in [0.5, 0.6) is 5.75 Å². The number of hydrogen-bond acceptors (Lipinski definition) is 5. The highest BCUT2D eigenvalue weighted by molar-refractivity contribution is 5.90. The minimum atomic E-state index is -2.90. The van der Waals surface area contributed by atoms with Crippen LogP contribution in [0.2, 0.25) is 0 Å². The maximum absolute atomic E-state index is 12.2. The molecule has 0 bridgehead atoms. The molecule has 1 aromatic carbocycles. The second-order valence-corrected chi connectivity index (χ2v) is 5.42. The molecule has 0 radical (unpaired) electrons. The van der Waals surface area contributed by atoms with Gasteiger partial charge in [0, 0.05) is 5.56 Å². The van der Waals surface area contributed by atoms with Crippen molar-refractivity contribution < 1.29 is 23.0 Å². The molecular weight excluding hydrogens is 322 g/mol. The first-order valence-corrected chi connectivity index (χ1v) is 7.45. The number of H-pyrrole nitrogens is 1. The summed E-state index contributed by atoms with van der Waals surface area (Å²) >= 11 is 0. The van der Waals surface area contributed by atoms with Crippen molar-refractivity contribution in [2.24, 2.45) is 5.92 Å². The smallest absolute Gasteiger partial charge is 0.387 e. The van der Waals surface area contributed by atoms with Gasteiger partial charge in [-0.3, -0.25) is 15.2 Å². The van der Waals surface area contributed by atoms with Gasteiger partial charge in [-0.1, -0.05) is 12.1 Å². The molecule has 9 heteroatoms. The quantitative estimate of drug-likeness (QED) is 0.772. The van der Waals surface area contributed by atoms with Gasteiger partial charge in [0.1, 0.15) is 12.4 Å². The highest BCUT2D eigenvalue weighted by Gasteiger charge is 2.21. The summed E-state index contributed by atoms with van der Waals surface area (Å²) in [6.07, 6.45) is 2.31. The molecule has 2 N–H and O–H groups in total. The Morgan fingerprint density at radius 2 is 2.25 bits per heavy atom. The lowest BCUT2D eigenvalue weighted by atomic mass is 10.2. The van der Waals surface area contributed by atoms with Crippen molar-refractivity contribution in [3.63, 3.8) is 0 Å². The second kappa shape index (κ2) is 7.35. The Hall–Kier alpha value is -2.55. The molecule has 1 amide bonds. The number of hydrogen-bond donors (Lipinski definition) is 2. The van der Waals surface area contributed by atoms with E-state index >= 15 is 0 Å². The molecule has 24 heavy (non-hydrogen) atoms. The van der Waals surface area contributed by atoms with Gasteiger partial charge in [0.2, 0.25) is 5.95 Å². The van der Waals surface area contributed by atoms with Gasteiger partial charge in [0.25, 0.3) is 5.91 Å². The average molecular weight is 338 g/mol. The van der Waals surface area contributed by atoms with Crippen LogP contribution in [-0.2, 0) is 9.53 Å². The first-order valence-electron chi connectivity index (χ1n) is 7.45. The fraction of sp³-hybridized carbons (Fsp3) is 0.400. The van der Waals surface area contributed by atoms with Gasteiger partial charge in [-0.2, -0.15) is 13.8 Å². The van der Waals surface area contributed by atoms with Gasteiger partial charge in [-0.25, -0.2) is 0 Å². The predicted molar refractivity (Wildman–Crippen MR) is 80.6 cm³/mol. The van der Waals surface area contributed by atoms with Crippen LogP contribution in [0, 0.1) is 5.92 Å². The van der Waals surface area contributed by atoms with Crippen LogP contribution in [0.15, 0.2) is 24.3 Å². The number of carbonyl (C=O) groups is 1. The number of halogens is 2. The van der Waals surface area contributed by atoms with Crippen molar-refractivity contribution in [1.82, 2.24) is 15.2 Å². The number of alkyl halides is 2. The van der Waals surface area contributed by atoms with Crippen LogP contribution in [0.3, 0.4) is 0 Å². The SMILES string of the molecule is O=C(COCC1CC1)Nc1n[nH]c(-c2cccc(OC(F)F)c2)n1. The Kier molecular flexibility index (Phi) is 4.99.